The summed E-state index contributed by atoms with van der Waals surface area (Å²) in [5, 5.41) is 0.757. The first kappa shape index (κ1) is 22.6. The van der Waals surface area contributed by atoms with Gasteiger partial charge in [0, 0.05) is 31.9 Å². The van der Waals surface area contributed by atoms with Crippen molar-refractivity contribution in [3.63, 3.8) is 0 Å². The number of likely N-dealkylation sites (N-methyl/N-ethyl adjacent to an activating group) is 1. The van der Waals surface area contributed by atoms with Crippen LogP contribution >= 0.6 is 11.3 Å². The fourth-order valence-electron chi connectivity index (χ4n) is 4.48. The predicted molar refractivity (Wildman–Crippen MR) is 125 cm³/mol. The fourth-order valence-corrected chi connectivity index (χ4v) is 5.61. The highest BCUT2D eigenvalue weighted by Gasteiger charge is 2.39. The summed E-state index contributed by atoms with van der Waals surface area (Å²) in [6.07, 6.45) is 4.33. The van der Waals surface area contributed by atoms with Gasteiger partial charge < -0.3 is 20.4 Å². The molecule has 0 unspecified atom stereocenters. The molecule has 0 spiro atoms. The smallest absolute Gasteiger partial charge is 0.240 e. The minimum atomic E-state index is -0.561. The molecule has 2 aromatic rings. The average Bonchev–Trinajstić information content (AvgIpc) is 3.39. The quantitative estimate of drug-likeness (QED) is 0.663. The van der Waals surface area contributed by atoms with Crippen molar-refractivity contribution in [2.45, 2.75) is 51.6 Å². The summed E-state index contributed by atoms with van der Waals surface area (Å²) < 4.78 is 0. The van der Waals surface area contributed by atoms with Crippen molar-refractivity contribution < 1.29 is 9.59 Å². The van der Waals surface area contributed by atoms with Crippen LogP contribution in [-0.2, 0) is 28.9 Å². The van der Waals surface area contributed by atoms with Crippen LogP contribution < -0.4 is 10.6 Å². The van der Waals surface area contributed by atoms with Gasteiger partial charge in [-0.2, -0.15) is 0 Å². The van der Waals surface area contributed by atoms with Crippen LogP contribution in [-0.4, -0.2) is 82.4 Å². The van der Waals surface area contributed by atoms with Gasteiger partial charge in [-0.1, -0.05) is 0 Å². The highest BCUT2D eigenvalue weighted by Crippen LogP contribution is 2.37. The maximum Gasteiger partial charge on any atom is 0.240 e. The molecule has 10 heteroatoms. The van der Waals surface area contributed by atoms with E-state index in [-0.39, 0.29) is 18.4 Å². The molecule has 0 aromatic carbocycles. The molecule has 172 valence electrons. The first-order valence-corrected chi connectivity index (χ1v) is 12.0. The van der Waals surface area contributed by atoms with E-state index in [1.165, 1.54) is 11.3 Å². The Bertz CT molecular complexity index is 1020. The Balaban J connectivity index is 1.57. The van der Waals surface area contributed by atoms with Crippen LogP contribution in [0.2, 0.25) is 0 Å². The summed E-state index contributed by atoms with van der Waals surface area (Å²) in [6.45, 7) is 6.37. The molecule has 32 heavy (non-hydrogen) atoms. The van der Waals surface area contributed by atoms with Gasteiger partial charge in [0.1, 0.15) is 11.0 Å². The minimum absolute atomic E-state index is 0.101. The molecule has 2 atom stereocenters. The van der Waals surface area contributed by atoms with Crippen molar-refractivity contribution in [3.8, 4) is 10.6 Å². The fraction of sp³-hybridized carbons (Fsp3) is 0.591. The number of amides is 2. The van der Waals surface area contributed by atoms with Gasteiger partial charge in [0.25, 0.3) is 0 Å². The van der Waals surface area contributed by atoms with E-state index in [2.05, 4.69) is 23.7 Å². The molecule has 2 aliphatic rings. The van der Waals surface area contributed by atoms with Crippen molar-refractivity contribution in [1.29, 1.82) is 0 Å². The number of thiazole rings is 1. The number of nitrogens with two attached hydrogens (primary N) is 1. The third-order valence-corrected chi connectivity index (χ3v) is 7.55. The van der Waals surface area contributed by atoms with Crippen molar-refractivity contribution in [1.82, 2.24) is 24.8 Å². The zero-order valence-electron chi connectivity index (χ0n) is 19.2. The second-order valence-corrected chi connectivity index (χ2v) is 9.68. The lowest BCUT2D eigenvalue weighted by Gasteiger charge is -2.22. The number of fused-ring (bicyclic) bond motifs is 3. The molecule has 2 amide bonds. The van der Waals surface area contributed by atoms with Crippen LogP contribution in [0.1, 0.15) is 36.5 Å². The van der Waals surface area contributed by atoms with E-state index in [1.807, 2.05) is 25.2 Å². The number of carbonyl (C=O) groups is 2. The van der Waals surface area contributed by atoms with Crippen molar-refractivity contribution >= 4 is 29.1 Å². The van der Waals surface area contributed by atoms with Crippen LogP contribution in [0, 0.1) is 0 Å². The normalized spacial score (nSPS) is 19.7. The summed E-state index contributed by atoms with van der Waals surface area (Å²) >= 11 is 1.52. The minimum Gasteiger partial charge on any atom is -0.368 e. The number of rotatable bonds is 7. The number of nitrogens with zero attached hydrogens (tertiary/aromatic N) is 6. The van der Waals surface area contributed by atoms with Gasteiger partial charge in [-0.3, -0.25) is 9.59 Å². The van der Waals surface area contributed by atoms with Gasteiger partial charge in [0.15, 0.2) is 0 Å². The molecule has 2 N–H and O–H groups in total. The Morgan fingerprint density at radius 3 is 2.62 bits per heavy atom. The average molecular weight is 458 g/mol. The third-order valence-electron chi connectivity index (χ3n) is 6.45. The van der Waals surface area contributed by atoms with Crippen molar-refractivity contribution in [2.24, 2.45) is 5.73 Å². The number of hydrogen-bond acceptors (Lipinski definition) is 8. The zero-order chi connectivity index (χ0) is 23.0. The molecule has 1 aliphatic carbocycles. The lowest BCUT2D eigenvalue weighted by atomic mass is 10.00. The van der Waals surface area contributed by atoms with Crippen LogP contribution in [0.15, 0.2) is 6.20 Å². The first-order valence-electron chi connectivity index (χ1n) is 11.2. The van der Waals surface area contributed by atoms with Crippen molar-refractivity contribution in [3.05, 3.63) is 22.5 Å². The molecule has 1 fully saturated rings. The highest BCUT2D eigenvalue weighted by molar-refractivity contribution is 7.15. The molecular weight excluding hydrogens is 426 g/mol. The van der Waals surface area contributed by atoms with Gasteiger partial charge in [-0.15, -0.1) is 11.3 Å². The molecule has 0 saturated carbocycles. The van der Waals surface area contributed by atoms with E-state index in [0.717, 1.165) is 58.7 Å². The Kier molecular flexibility index (Phi) is 6.43. The van der Waals surface area contributed by atoms with E-state index < -0.39 is 11.9 Å². The van der Waals surface area contributed by atoms with E-state index >= 15 is 0 Å². The zero-order valence-corrected chi connectivity index (χ0v) is 20.0. The molecule has 3 heterocycles. The Labute approximate surface area is 192 Å². The van der Waals surface area contributed by atoms with E-state index in [9.17, 15) is 9.59 Å². The molecule has 2 aromatic heterocycles. The number of primary amides is 1. The monoisotopic (exact) mass is 457 g/mol. The largest absolute Gasteiger partial charge is 0.368 e. The Hall–Kier alpha value is -2.59. The van der Waals surface area contributed by atoms with Crippen LogP contribution in [0.4, 0.5) is 5.95 Å². The number of carbonyl (C=O) groups excluding carboxylic acids is 2. The van der Waals surface area contributed by atoms with E-state index in [4.69, 9.17) is 15.7 Å². The van der Waals surface area contributed by atoms with Gasteiger partial charge in [0.2, 0.25) is 17.8 Å². The maximum absolute atomic E-state index is 13.1. The molecule has 0 bridgehead atoms. The maximum atomic E-state index is 13.1. The van der Waals surface area contributed by atoms with Gasteiger partial charge in [0.05, 0.1) is 22.7 Å². The van der Waals surface area contributed by atoms with Crippen LogP contribution in [0.3, 0.4) is 0 Å². The van der Waals surface area contributed by atoms with Crippen LogP contribution in [0.5, 0.6) is 0 Å². The molecule has 1 saturated heterocycles. The lowest BCUT2D eigenvalue weighted by molar-refractivity contribution is -0.136. The summed E-state index contributed by atoms with van der Waals surface area (Å²) in [5.74, 6) is 0.176. The SMILES string of the molecule is CCN(CC)c1ncc2c(n1)-c1sc(CC(=O)N3C[C@@H](N(C)C)C[C@H]3C(N)=O)nc1CC2. The molecule has 4 rings (SSSR count). The first-order chi connectivity index (χ1) is 15.3. The second-order valence-electron chi connectivity index (χ2n) is 8.59. The number of likely N-dealkylation sites (tertiary alicyclic amines) is 1. The topological polar surface area (TPSA) is 109 Å². The van der Waals surface area contributed by atoms with Gasteiger partial charge >= 0.3 is 0 Å². The summed E-state index contributed by atoms with van der Waals surface area (Å²) in [6, 6.07) is -0.433. The van der Waals surface area contributed by atoms with Crippen LogP contribution in [0.25, 0.3) is 10.6 Å². The molecule has 0 radical (unpaired) electrons. The van der Waals surface area contributed by atoms with Gasteiger partial charge in [-0.25, -0.2) is 15.0 Å². The number of hydrogen-bond donors (Lipinski definition) is 1. The number of anilines is 1. The number of aryl methyl sites for hydroxylation is 2. The standard InChI is InChI=1S/C22H31N7O2S/c1-5-28(6-2)22-24-11-13-7-8-15-20(19(13)26-22)32-17(25-15)10-18(30)29-12-14(27(3)4)9-16(29)21(23)31/h11,14,16H,5-10,12H2,1-4H3,(H2,23,31)/t14-,16-/m0/s1. The summed E-state index contributed by atoms with van der Waals surface area (Å²) in [4.78, 5) is 46.1. The Morgan fingerprint density at radius 1 is 1.22 bits per heavy atom. The molecule has 9 nitrogen and oxygen atoms in total. The van der Waals surface area contributed by atoms with E-state index in [1.54, 1.807) is 4.90 Å². The lowest BCUT2D eigenvalue weighted by Crippen LogP contribution is -2.44. The van der Waals surface area contributed by atoms with Crippen molar-refractivity contribution in [2.75, 3.05) is 38.6 Å². The Morgan fingerprint density at radius 2 is 1.97 bits per heavy atom. The molecule has 1 aliphatic heterocycles. The predicted octanol–water partition coefficient (Wildman–Crippen LogP) is 1.10. The summed E-state index contributed by atoms with van der Waals surface area (Å²) in [5.41, 5.74) is 8.64. The summed E-state index contributed by atoms with van der Waals surface area (Å²) in [7, 11) is 3.91. The van der Waals surface area contributed by atoms with E-state index in [0.29, 0.717) is 13.0 Å². The molecular formula is C22H31N7O2S. The van der Waals surface area contributed by atoms with Gasteiger partial charge in [-0.05, 0) is 52.8 Å². The number of aromatic nitrogens is 3. The highest BCUT2D eigenvalue weighted by atomic mass is 32.1. The second kappa shape index (κ2) is 9.11. The third kappa shape index (κ3) is 4.21.